The smallest absolute Gasteiger partial charge is 0.256 e. The SMILES string of the molecule is COCCCNC(=O)c1cccnc1Oc1ccccc1. The number of pyridine rings is 1. The van der Waals surface area contributed by atoms with Crippen LogP contribution in [0.2, 0.25) is 0 Å². The van der Waals surface area contributed by atoms with Gasteiger partial charge in [-0.1, -0.05) is 18.2 Å². The molecule has 0 atom stereocenters. The molecule has 0 saturated carbocycles. The minimum Gasteiger partial charge on any atom is -0.438 e. The highest BCUT2D eigenvalue weighted by atomic mass is 16.5. The number of hydrogen-bond donors (Lipinski definition) is 1. The predicted octanol–water partition coefficient (Wildman–Crippen LogP) is 2.64. The molecule has 0 aliphatic heterocycles. The van der Waals surface area contributed by atoms with E-state index in [1.54, 1.807) is 25.4 Å². The van der Waals surface area contributed by atoms with Crippen molar-refractivity contribution in [1.82, 2.24) is 10.3 Å². The lowest BCUT2D eigenvalue weighted by atomic mass is 10.2. The highest BCUT2D eigenvalue weighted by molar-refractivity contribution is 5.96. The zero-order valence-electron chi connectivity index (χ0n) is 11.9. The predicted molar refractivity (Wildman–Crippen MR) is 79.6 cm³/mol. The van der Waals surface area contributed by atoms with Gasteiger partial charge in [-0.3, -0.25) is 4.79 Å². The number of benzene rings is 1. The van der Waals surface area contributed by atoms with Gasteiger partial charge in [-0.2, -0.15) is 0 Å². The van der Waals surface area contributed by atoms with Crippen LogP contribution in [-0.4, -0.2) is 31.2 Å². The van der Waals surface area contributed by atoms with Gasteiger partial charge in [-0.05, 0) is 30.7 Å². The molecule has 21 heavy (non-hydrogen) atoms. The Bertz CT molecular complexity index is 573. The fourth-order valence-corrected chi connectivity index (χ4v) is 1.76. The largest absolute Gasteiger partial charge is 0.438 e. The molecular weight excluding hydrogens is 268 g/mol. The van der Waals surface area contributed by atoms with Crippen LogP contribution >= 0.6 is 0 Å². The Kier molecular flexibility index (Phi) is 5.72. The molecule has 0 saturated heterocycles. The summed E-state index contributed by atoms with van der Waals surface area (Å²) in [5.74, 6) is 0.739. The summed E-state index contributed by atoms with van der Waals surface area (Å²) in [6, 6.07) is 12.7. The lowest BCUT2D eigenvalue weighted by molar-refractivity contribution is 0.0945. The van der Waals surface area contributed by atoms with E-state index in [0.29, 0.717) is 30.3 Å². The zero-order chi connectivity index (χ0) is 14.9. The second-order valence-electron chi connectivity index (χ2n) is 4.37. The second-order valence-corrected chi connectivity index (χ2v) is 4.37. The Balaban J connectivity index is 2.04. The van der Waals surface area contributed by atoms with E-state index in [0.717, 1.165) is 6.42 Å². The van der Waals surface area contributed by atoms with Gasteiger partial charge >= 0.3 is 0 Å². The Labute approximate surface area is 123 Å². The topological polar surface area (TPSA) is 60.5 Å². The molecule has 110 valence electrons. The maximum absolute atomic E-state index is 12.1. The molecule has 2 rings (SSSR count). The van der Waals surface area contributed by atoms with Gasteiger partial charge in [0.05, 0.1) is 0 Å². The number of aromatic nitrogens is 1. The van der Waals surface area contributed by atoms with Crippen LogP contribution in [-0.2, 0) is 4.74 Å². The number of rotatable bonds is 7. The lowest BCUT2D eigenvalue weighted by Crippen LogP contribution is -2.25. The highest BCUT2D eigenvalue weighted by Crippen LogP contribution is 2.22. The van der Waals surface area contributed by atoms with E-state index in [4.69, 9.17) is 9.47 Å². The van der Waals surface area contributed by atoms with Gasteiger partial charge in [0.25, 0.3) is 5.91 Å². The Hall–Kier alpha value is -2.40. The van der Waals surface area contributed by atoms with Gasteiger partial charge in [-0.25, -0.2) is 4.98 Å². The normalized spacial score (nSPS) is 10.1. The number of nitrogens with zero attached hydrogens (tertiary/aromatic N) is 1. The first-order valence-corrected chi connectivity index (χ1v) is 6.76. The molecule has 1 heterocycles. The quantitative estimate of drug-likeness (QED) is 0.795. The fourth-order valence-electron chi connectivity index (χ4n) is 1.76. The van der Waals surface area contributed by atoms with Crippen molar-refractivity contribution in [3.63, 3.8) is 0 Å². The van der Waals surface area contributed by atoms with Crippen LogP contribution in [0, 0.1) is 0 Å². The van der Waals surface area contributed by atoms with Gasteiger partial charge in [0.2, 0.25) is 5.88 Å². The lowest BCUT2D eigenvalue weighted by Gasteiger charge is -2.10. The van der Waals surface area contributed by atoms with Crippen molar-refractivity contribution < 1.29 is 14.3 Å². The summed E-state index contributed by atoms with van der Waals surface area (Å²) >= 11 is 0. The van der Waals surface area contributed by atoms with Crippen molar-refractivity contribution in [2.75, 3.05) is 20.3 Å². The first kappa shape index (κ1) is 15.0. The molecule has 0 spiro atoms. The van der Waals surface area contributed by atoms with E-state index >= 15 is 0 Å². The maximum atomic E-state index is 12.1. The van der Waals surface area contributed by atoms with Crippen LogP contribution in [0.4, 0.5) is 0 Å². The molecule has 1 N–H and O–H groups in total. The molecule has 5 heteroatoms. The van der Waals surface area contributed by atoms with Crippen molar-refractivity contribution in [2.24, 2.45) is 0 Å². The first-order chi connectivity index (χ1) is 10.3. The van der Waals surface area contributed by atoms with Gasteiger partial charge in [0.1, 0.15) is 11.3 Å². The van der Waals surface area contributed by atoms with E-state index in [1.807, 2.05) is 30.3 Å². The number of hydrogen-bond acceptors (Lipinski definition) is 4. The van der Waals surface area contributed by atoms with Crippen LogP contribution in [0.3, 0.4) is 0 Å². The van der Waals surface area contributed by atoms with Crippen LogP contribution in [0.15, 0.2) is 48.7 Å². The Morgan fingerprint density at radius 2 is 2.00 bits per heavy atom. The third-order valence-electron chi connectivity index (χ3n) is 2.78. The average Bonchev–Trinajstić information content (AvgIpc) is 2.53. The third-order valence-corrected chi connectivity index (χ3v) is 2.78. The van der Waals surface area contributed by atoms with E-state index in [-0.39, 0.29) is 5.91 Å². The van der Waals surface area contributed by atoms with Gasteiger partial charge in [0.15, 0.2) is 0 Å². The van der Waals surface area contributed by atoms with Crippen molar-refractivity contribution >= 4 is 5.91 Å². The van der Waals surface area contributed by atoms with Crippen LogP contribution < -0.4 is 10.1 Å². The molecular formula is C16H18N2O3. The number of carbonyl (C=O) groups excluding carboxylic acids is 1. The number of carbonyl (C=O) groups is 1. The Morgan fingerprint density at radius 3 is 2.76 bits per heavy atom. The Morgan fingerprint density at radius 1 is 1.19 bits per heavy atom. The van der Waals surface area contributed by atoms with Crippen LogP contribution in [0.5, 0.6) is 11.6 Å². The number of para-hydroxylation sites is 1. The van der Waals surface area contributed by atoms with Crippen molar-refractivity contribution in [3.05, 3.63) is 54.2 Å². The minimum atomic E-state index is -0.204. The van der Waals surface area contributed by atoms with E-state index in [9.17, 15) is 4.79 Å². The molecule has 0 bridgehead atoms. The van der Waals surface area contributed by atoms with E-state index in [2.05, 4.69) is 10.3 Å². The second kappa shape index (κ2) is 8.01. The van der Waals surface area contributed by atoms with Gasteiger partial charge in [0, 0.05) is 26.5 Å². The van der Waals surface area contributed by atoms with Crippen molar-refractivity contribution in [3.8, 4) is 11.6 Å². The summed E-state index contributed by atoms with van der Waals surface area (Å²) < 4.78 is 10.6. The monoisotopic (exact) mass is 286 g/mol. The molecule has 0 aliphatic rings. The van der Waals surface area contributed by atoms with Crippen LogP contribution in [0.1, 0.15) is 16.8 Å². The molecule has 1 aromatic carbocycles. The third kappa shape index (κ3) is 4.57. The van der Waals surface area contributed by atoms with Crippen molar-refractivity contribution in [2.45, 2.75) is 6.42 Å². The minimum absolute atomic E-state index is 0.204. The number of ether oxygens (including phenoxy) is 2. The first-order valence-electron chi connectivity index (χ1n) is 6.76. The van der Waals surface area contributed by atoms with Crippen molar-refractivity contribution in [1.29, 1.82) is 0 Å². The van der Waals surface area contributed by atoms with E-state index in [1.165, 1.54) is 0 Å². The summed E-state index contributed by atoms with van der Waals surface area (Å²) in [7, 11) is 1.63. The highest BCUT2D eigenvalue weighted by Gasteiger charge is 2.13. The molecule has 0 fully saturated rings. The molecule has 1 amide bonds. The maximum Gasteiger partial charge on any atom is 0.256 e. The molecule has 0 unspecified atom stereocenters. The van der Waals surface area contributed by atoms with Crippen LogP contribution in [0.25, 0.3) is 0 Å². The number of amides is 1. The van der Waals surface area contributed by atoms with Gasteiger partial charge < -0.3 is 14.8 Å². The molecule has 2 aromatic rings. The summed E-state index contributed by atoms with van der Waals surface area (Å²) in [6.45, 7) is 1.16. The number of nitrogens with one attached hydrogen (secondary N) is 1. The molecule has 0 radical (unpaired) electrons. The average molecular weight is 286 g/mol. The van der Waals surface area contributed by atoms with E-state index < -0.39 is 0 Å². The summed E-state index contributed by atoms with van der Waals surface area (Å²) in [5.41, 5.74) is 0.416. The standard InChI is InChI=1S/C16H18N2O3/c1-20-12-6-11-17-15(19)14-9-5-10-18-16(14)21-13-7-3-2-4-8-13/h2-5,7-10H,6,11-12H2,1H3,(H,17,19). The summed E-state index contributed by atoms with van der Waals surface area (Å²) in [5, 5.41) is 2.82. The van der Waals surface area contributed by atoms with Gasteiger partial charge in [-0.15, -0.1) is 0 Å². The number of methoxy groups -OCH3 is 1. The summed E-state index contributed by atoms with van der Waals surface area (Å²) in [4.78, 5) is 16.3. The zero-order valence-corrected chi connectivity index (χ0v) is 11.9. The molecule has 1 aromatic heterocycles. The molecule has 0 aliphatic carbocycles. The summed E-state index contributed by atoms with van der Waals surface area (Å²) in [6.07, 6.45) is 2.36. The molecule has 5 nitrogen and oxygen atoms in total. The fraction of sp³-hybridized carbons (Fsp3) is 0.250.